The lowest BCUT2D eigenvalue weighted by atomic mass is 10.1. The summed E-state index contributed by atoms with van der Waals surface area (Å²) < 4.78 is 7.64. The lowest BCUT2D eigenvalue weighted by molar-refractivity contribution is 0.00210. The third-order valence-corrected chi connectivity index (χ3v) is 4.02. The van der Waals surface area contributed by atoms with E-state index in [1.165, 1.54) is 0 Å². The topological polar surface area (TPSA) is 60.2 Å². The molecule has 0 aliphatic carbocycles. The molecule has 0 radical (unpaired) electrons. The van der Waals surface area contributed by atoms with Gasteiger partial charge in [-0.1, -0.05) is 6.92 Å². The highest BCUT2D eigenvalue weighted by Crippen LogP contribution is 2.18. The number of nitrogens with zero attached hydrogens (tertiary/aromatic N) is 4. The number of piperidine rings is 1. The number of rotatable bonds is 4. The fraction of sp³-hybridized carbons (Fsp3) is 0.562. The van der Waals surface area contributed by atoms with Crippen molar-refractivity contribution in [1.82, 2.24) is 19.4 Å². The van der Waals surface area contributed by atoms with Crippen molar-refractivity contribution >= 4 is 17.1 Å². The molecular weight excluding hydrogens is 280 g/mol. The van der Waals surface area contributed by atoms with E-state index in [9.17, 15) is 4.79 Å². The van der Waals surface area contributed by atoms with Crippen molar-refractivity contribution in [3.8, 4) is 0 Å². The van der Waals surface area contributed by atoms with Gasteiger partial charge in [0.15, 0.2) is 5.65 Å². The fourth-order valence-electron chi connectivity index (χ4n) is 2.86. The third-order valence-electron chi connectivity index (χ3n) is 4.02. The van der Waals surface area contributed by atoms with Crippen LogP contribution < -0.4 is 0 Å². The SMILES string of the molecule is CCCOC1CCCN(C(=O)c2cnc3c(c2)ncn3C)C1. The molecule has 2 aromatic rings. The van der Waals surface area contributed by atoms with Crippen LogP contribution in [-0.4, -0.2) is 51.1 Å². The monoisotopic (exact) mass is 302 g/mol. The minimum absolute atomic E-state index is 0.0184. The Labute approximate surface area is 130 Å². The Bertz CT molecular complexity index is 667. The molecule has 118 valence electrons. The lowest BCUT2D eigenvalue weighted by Gasteiger charge is -2.32. The molecule has 1 saturated heterocycles. The predicted octanol–water partition coefficient (Wildman–Crippen LogP) is 2.00. The smallest absolute Gasteiger partial charge is 0.255 e. The van der Waals surface area contributed by atoms with Gasteiger partial charge < -0.3 is 14.2 Å². The summed E-state index contributed by atoms with van der Waals surface area (Å²) in [7, 11) is 1.89. The molecule has 3 heterocycles. The van der Waals surface area contributed by atoms with Crippen LogP contribution in [0.5, 0.6) is 0 Å². The summed E-state index contributed by atoms with van der Waals surface area (Å²) in [6.45, 7) is 4.30. The van der Waals surface area contributed by atoms with Crippen LogP contribution in [-0.2, 0) is 11.8 Å². The van der Waals surface area contributed by atoms with Crippen LogP contribution in [0.25, 0.3) is 11.2 Å². The number of hydrogen-bond donors (Lipinski definition) is 0. The van der Waals surface area contributed by atoms with Gasteiger partial charge >= 0.3 is 0 Å². The molecule has 1 aliphatic heterocycles. The maximum absolute atomic E-state index is 12.7. The highest BCUT2D eigenvalue weighted by molar-refractivity contribution is 5.96. The molecule has 6 nitrogen and oxygen atoms in total. The second-order valence-electron chi connectivity index (χ2n) is 5.81. The second kappa shape index (κ2) is 6.44. The molecule has 0 aromatic carbocycles. The Hall–Kier alpha value is -1.95. The number of aryl methyl sites for hydroxylation is 1. The molecule has 1 unspecified atom stereocenters. The first-order valence-electron chi connectivity index (χ1n) is 7.87. The molecule has 2 aromatic heterocycles. The van der Waals surface area contributed by atoms with Crippen molar-refractivity contribution in [2.24, 2.45) is 7.05 Å². The van der Waals surface area contributed by atoms with Crippen LogP contribution in [0.1, 0.15) is 36.5 Å². The van der Waals surface area contributed by atoms with E-state index in [0.717, 1.165) is 43.6 Å². The van der Waals surface area contributed by atoms with E-state index in [1.807, 2.05) is 22.6 Å². The van der Waals surface area contributed by atoms with Gasteiger partial charge in [0.25, 0.3) is 5.91 Å². The average molecular weight is 302 g/mol. The van der Waals surface area contributed by atoms with Crippen molar-refractivity contribution in [3.63, 3.8) is 0 Å². The summed E-state index contributed by atoms with van der Waals surface area (Å²) in [4.78, 5) is 23.1. The van der Waals surface area contributed by atoms with E-state index in [2.05, 4.69) is 16.9 Å². The van der Waals surface area contributed by atoms with Gasteiger partial charge in [-0.05, 0) is 25.3 Å². The van der Waals surface area contributed by atoms with Gasteiger partial charge in [0.2, 0.25) is 0 Å². The van der Waals surface area contributed by atoms with Crippen LogP contribution in [0.4, 0.5) is 0 Å². The van der Waals surface area contributed by atoms with E-state index in [1.54, 1.807) is 12.5 Å². The minimum Gasteiger partial charge on any atom is -0.376 e. The molecule has 1 amide bonds. The van der Waals surface area contributed by atoms with Gasteiger partial charge in [0.1, 0.15) is 5.52 Å². The maximum atomic E-state index is 12.7. The summed E-state index contributed by atoms with van der Waals surface area (Å²) in [5.41, 5.74) is 2.14. The van der Waals surface area contributed by atoms with Gasteiger partial charge in [-0.2, -0.15) is 0 Å². The molecule has 0 spiro atoms. The fourth-order valence-corrected chi connectivity index (χ4v) is 2.86. The number of aromatic nitrogens is 3. The van der Waals surface area contributed by atoms with Gasteiger partial charge in [-0.25, -0.2) is 9.97 Å². The highest BCUT2D eigenvalue weighted by Gasteiger charge is 2.25. The van der Waals surface area contributed by atoms with Gasteiger partial charge in [-0.3, -0.25) is 4.79 Å². The van der Waals surface area contributed by atoms with E-state index in [0.29, 0.717) is 12.1 Å². The molecule has 3 rings (SSSR count). The second-order valence-corrected chi connectivity index (χ2v) is 5.81. The molecule has 0 saturated carbocycles. The number of ether oxygens (including phenoxy) is 1. The van der Waals surface area contributed by atoms with Crippen LogP contribution in [0.2, 0.25) is 0 Å². The normalized spacial score (nSPS) is 18.8. The van der Waals surface area contributed by atoms with Gasteiger partial charge in [0, 0.05) is 32.9 Å². The van der Waals surface area contributed by atoms with Crippen LogP contribution in [0.3, 0.4) is 0 Å². The molecule has 0 bridgehead atoms. The van der Waals surface area contributed by atoms with E-state index in [-0.39, 0.29) is 12.0 Å². The first kappa shape index (κ1) is 15.0. The summed E-state index contributed by atoms with van der Waals surface area (Å²) >= 11 is 0. The van der Waals surface area contributed by atoms with Gasteiger partial charge in [-0.15, -0.1) is 0 Å². The molecule has 1 aliphatic rings. The van der Waals surface area contributed by atoms with Crippen LogP contribution in [0, 0.1) is 0 Å². The average Bonchev–Trinajstić information content (AvgIpc) is 2.93. The van der Waals surface area contributed by atoms with Crippen molar-refractivity contribution in [2.45, 2.75) is 32.3 Å². The summed E-state index contributed by atoms with van der Waals surface area (Å²) in [6.07, 6.45) is 6.53. The minimum atomic E-state index is 0.0184. The van der Waals surface area contributed by atoms with Crippen LogP contribution in [0.15, 0.2) is 18.6 Å². The van der Waals surface area contributed by atoms with Gasteiger partial charge in [0.05, 0.1) is 18.0 Å². The lowest BCUT2D eigenvalue weighted by Crippen LogP contribution is -2.43. The molecule has 6 heteroatoms. The molecule has 22 heavy (non-hydrogen) atoms. The Balaban J connectivity index is 1.73. The van der Waals surface area contributed by atoms with Crippen molar-refractivity contribution in [2.75, 3.05) is 19.7 Å². The zero-order valence-corrected chi connectivity index (χ0v) is 13.2. The number of carbonyl (C=O) groups is 1. The van der Waals surface area contributed by atoms with E-state index in [4.69, 9.17) is 4.74 Å². The summed E-state index contributed by atoms with van der Waals surface area (Å²) in [6, 6.07) is 1.82. The maximum Gasteiger partial charge on any atom is 0.255 e. The zero-order valence-electron chi connectivity index (χ0n) is 13.2. The Morgan fingerprint density at radius 1 is 1.45 bits per heavy atom. The number of likely N-dealkylation sites (tertiary alicyclic amines) is 1. The number of amides is 1. The number of hydrogen-bond acceptors (Lipinski definition) is 4. The van der Waals surface area contributed by atoms with Crippen molar-refractivity contribution < 1.29 is 9.53 Å². The number of imidazole rings is 1. The predicted molar refractivity (Wildman–Crippen MR) is 83.7 cm³/mol. The number of fused-ring (bicyclic) bond motifs is 1. The molecule has 1 fully saturated rings. The highest BCUT2D eigenvalue weighted by atomic mass is 16.5. The van der Waals surface area contributed by atoms with E-state index < -0.39 is 0 Å². The Morgan fingerprint density at radius 3 is 3.14 bits per heavy atom. The molecule has 1 atom stereocenters. The summed E-state index contributed by atoms with van der Waals surface area (Å²) in [5, 5.41) is 0. The quantitative estimate of drug-likeness (QED) is 0.866. The first-order chi connectivity index (χ1) is 10.7. The van der Waals surface area contributed by atoms with Crippen molar-refractivity contribution in [3.05, 3.63) is 24.2 Å². The largest absolute Gasteiger partial charge is 0.376 e. The zero-order chi connectivity index (χ0) is 15.5. The Morgan fingerprint density at radius 2 is 2.32 bits per heavy atom. The number of carbonyl (C=O) groups excluding carboxylic acids is 1. The summed E-state index contributed by atoms with van der Waals surface area (Å²) in [5.74, 6) is 0.0184. The Kier molecular flexibility index (Phi) is 4.38. The standard InChI is InChI=1S/C16H22N4O2/c1-3-7-22-13-5-4-6-20(10-13)16(21)12-8-14-15(17-9-12)19(2)11-18-14/h8-9,11,13H,3-7,10H2,1-2H3. The third kappa shape index (κ3) is 2.97. The first-order valence-corrected chi connectivity index (χ1v) is 7.87. The van der Waals surface area contributed by atoms with E-state index >= 15 is 0 Å². The molecule has 0 N–H and O–H groups in total. The van der Waals surface area contributed by atoms with Crippen molar-refractivity contribution in [1.29, 1.82) is 0 Å². The van der Waals surface area contributed by atoms with Crippen LogP contribution >= 0.6 is 0 Å². The molecular formula is C16H22N4O2. The number of pyridine rings is 1.